The van der Waals surface area contributed by atoms with E-state index in [1.54, 1.807) is 23.9 Å². The van der Waals surface area contributed by atoms with E-state index in [4.69, 9.17) is 0 Å². The highest BCUT2D eigenvalue weighted by Crippen LogP contribution is 2.26. The molecule has 0 saturated carbocycles. The normalized spacial score (nSPS) is 10.8. The van der Waals surface area contributed by atoms with Crippen molar-refractivity contribution in [2.75, 3.05) is 0 Å². The molecule has 2 aromatic carbocycles. The largest absolute Gasteiger partial charge is 0.356 e. The van der Waals surface area contributed by atoms with E-state index in [0.29, 0.717) is 5.56 Å². The molecule has 3 rings (SSSR count). The summed E-state index contributed by atoms with van der Waals surface area (Å²) in [4.78, 5) is 12.8. The Morgan fingerprint density at radius 2 is 1.57 bits per heavy atom. The summed E-state index contributed by atoms with van der Waals surface area (Å²) in [6, 6.07) is 11.0. The fourth-order valence-electron chi connectivity index (χ4n) is 2.50. The van der Waals surface area contributed by atoms with E-state index < -0.39 is 17.1 Å². The van der Waals surface area contributed by atoms with Crippen LogP contribution in [0.1, 0.15) is 0 Å². The quantitative estimate of drug-likeness (QED) is 0.553. The molecule has 3 aromatic rings. The van der Waals surface area contributed by atoms with Crippen molar-refractivity contribution >= 4 is 22.6 Å². The van der Waals surface area contributed by atoms with E-state index >= 15 is 0 Å². The topological polar surface area (TPSA) is 22.0 Å². The van der Waals surface area contributed by atoms with Crippen molar-refractivity contribution in [1.29, 1.82) is 0 Å². The van der Waals surface area contributed by atoms with Crippen LogP contribution in [0.25, 0.3) is 22.3 Å². The maximum absolute atomic E-state index is 14.1. The number of halogens is 3. The van der Waals surface area contributed by atoms with Crippen LogP contribution in [0.3, 0.4) is 0 Å². The first kappa shape index (κ1) is 15.9. The van der Waals surface area contributed by atoms with E-state index in [2.05, 4.69) is 22.6 Å². The summed E-state index contributed by atoms with van der Waals surface area (Å²) in [5, 5.41) is 0. The van der Waals surface area contributed by atoms with E-state index in [1.165, 1.54) is 12.3 Å². The van der Waals surface area contributed by atoms with Crippen LogP contribution in [0.5, 0.6) is 0 Å². The smallest absolute Gasteiger partial charge is 0.197 e. The summed E-state index contributed by atoms with van der Waals surface area (Å²) in [5.41, 5.74) is 0.455. The second-order valence-corrected chi connectivity index (χ2v) is 6.43. The number of pyridine rings is 1. The van der Waals surface area contributed by atoms with Crippen LogP contribution in [-0.4, -0.2) is 4.57 Å². The average Bonchev–Trinajstić information content (AvgIpc) is 2.50. The van der Waals surface area contributed by atoms with E-state index in [1.807, 2.05) is 18.2 Å². The van der Waals surface area contributed by atoms with Crippen molar-refractivity contribution in [2.45, 2.75) is 0 Å². The second kappa shape index (κ2) is 6.23. The summed E-state index contributed by atoms with van der Waals surface area (Å²) < 4.78 is 30.7. The fourth-order valence-corrected chi connectivity index (χ4v) is 3.04. The predicted octanol–water partition coefficient (Wildman–Crippen LogP) is 4.60. The van der Waals surface area contributed by atoms with Crippen LogP contribution < -0.4 is 5.43 Å². The van der Waals surface area contributed by atoms with Gasteiger partial charge in [-0.05, 0) is 52.4 Å². The maximum atomic E-state index is 14.1. The molecule has 0 aliphatic carbocycles. The zero-order valence-electron chi connectivity index (χ0n) is 12.2. The van der Waals surface area contributed by atoms with Crippen LogP contribution >= 0.6 is 22.6 Å². The van der Waals surface area contributed by atoms with Crippen LogP contribution in [-0.2, 0) is 7.05 Å². The van der Waals surface area contributed by atoms with Gasteiger partial charge in [0.1, 0.15) is 11.6 Å². The number of aryl methyl sites for hydroxylation is 1. The van der Waals surface area contributed by atoms with Crippen LogP contribution in [0, 0.1) is 15.2 Å². The molecule has 0 fully saturated rings. The molecule has 0 radical (unpaired) electrons. The molecule has 0 N–H and O–H groups in total. The Bertz CT molecular complexity index is 930. The van der Waals surface area contributed by atoms with E-state index in [0.717, 1.165) is 21.3 Å². The molecular formula is C18H12F2INO. The highest BCUT2D eigenvalue weighted by Gasteiger charge is 2.17. The molecule has 0 aliphatic rings. The standard InChI is InChI=1S/C18H12F2INO/c1-22-9-13(11-4-2-5-12(21)8-11)18(23)14(10-22)17-15(19)6-3-7-16(17)20/h2-10H,1H3. The van der Waals surface area contributed by atoms with Gasteiger partial charge in [-0.1, -0.05) is 18.2 Å². The van der Waals surface area contributed by atoms with Gasteiger partial charge >= 0.3 is 0 Å². The summed E-state index contributed by atoms with van der Waals surface area (Å²) in [7, 11) is 1.72. The van der Waals surface area contributed by atoms with Gasteiger partial charge in [-0.3, -0.25) is 4.79 Å². The van der Waals surface area contributed by atoms with Crippen molar-refractivity contribution in [2.24, 2.45) is 7.05 Å². The number of nitrogens with zero attached hydrogens (tertiary/aromatic N) is 1. The molecular weight excluding hydrogens is 411 g/mol. The zero-order valence-corrected chi connectivity index (χ0v) is 14.3. The summed E-state index contributed by atoms with van der Waals surface area (Å²) >= 11 is 2.15. The second-order valence-electron chi connectivity index (χ2n) is 5.19. The Balaban J connectivity index is 2.31. The number of hydrogen-bond acceptors (Lipinski definition) is 1. The Hall–Kier alpha value is -2.02. The van der Waals surface area contributed by atoms with Crippen molar-refractivity contribution in [3.63, 3.8) is 0 Å². The molecule has 2 nitrogen and oxygen atoms in total. The monoisotopic (exact) mass is 423 g/mol. The molecule has 0 spiro atoms. The lowest BCUT2D eigenvalue weighted by Gasteiger charge is -2.10. The Morgan fingerprint density at radius 1 is 0.957 bits per heavy atom. The van der Waals surface area contributed by atoms with Crippen molar-refractivity contribution in [3.05, 3.63) is 80.3 Å². The summed E-state index contributed by atoms with van der Waals surface area (Å²) in [5.74, 6) is -1.50. The molecule has 0 amide bonds. The molecule has 0 unspecified atom stereocenters. The van der Waals surface area contributed by atoms with Gasteiger partial charge in [0, 0.05) is 28.6 Å². The summed E-state index contributed by atoms with van der Waals surface area (Å²) in [6.07, 6.45) is 3.11. The Kier molecular flexibility index (Phi) is 4.30. The first-order valence-corrected chi connectivity index (χ1v) is 7.96. The third-order valence-corrected chi connectivity index (χ3v) is 4.19. The molecule has 0 aliphatic heterocycles. The molecule has 0 atom stereocenters. The summed E-state index contributed by atoms with van der Waals surface area (Å²) in [6.45, 7) is 0. The fraction of sp³-hybridized carbons (Fsp3) is 0.0556. The molecule has 23 heavy (non-hydrogen) atoms. The first-order valence-electron chi connectivity index (χ1n) is 6.88. The maximum Gasteiger partial charge on any atom is 0.197 e. The third kappa shape index (κ3) is 3.06. The molecule has 116 valence electrons. The lowest BCUT2D eigenvalue weighted by molar-refractivity contribution is 0.589. The van der Waals surface area contributed by atoms with Crippen molar-refractivity contribution in [1.82, 2.24) is 4.57 Å². The van der Waals surface area contributed by atoms with E-state index in [9.17, 15) is 13.6 Å². The molecule has 0 saturated heterocycles. The minimum atomic E-state index is -0.748. The number of benzene rings is 2. The number of aromatic nitrogens is 1. The Morgan fingerprint density at radius 3 is 2.22 bits per heavy atom. The highest BCUT2D eigenvalue weighted by molar-refractivity contribution is 14.1. The lowest BCUT2D eigenvalue weighted by atomic mass is 10.0. The molecule has 5 heteroatoms. The average molecular weight is 423 g/mol. The van der Waals surface area contributed by atoms with Crippen molar-refractivity contribution in [3.8, 4) is 22.3 Å². The van der Waals surface area contributed by atoms with Gasteiger partial charge in [0.05, 0.1) is 11.1 Å². The van der Waals surface area contributed by atoms with Gasteiger partial charge < -0.3 is 4.57 Å². The van der Waals surface area contributed by atoms with E-state index in [-0.39, 0.29) is 11.1 Å². The lowest BCUT2D eigenvalue weighted by Crippen LogP contribution is -2.13. The van der Waals surface area contributed by atoms with Crippen molar-refractivity contribution < 1.29 is 8.78 Å². The molecule has 1 heterocycles. The number of rotatable bonds is 2. The van der Waals surface area contributed by atoms with Gasteiger partial charge in [0.15, 0.2) is 5.43 Å². The van der Waals surface area contributed by atoms with Gasteiger partial charge in [-0.15, -0.1) is 0 Å². The van der Waals surface area contributed by atoms with Gasteiger partial charge in [-0.25, -0.2) is 8.78 Å². The first-order chi connectivity index (χ1) is 11.0. The molecule has 1 aromatic heterocycles. The SMILES string of the molecule is Cn1cc(-c2cccc(I)c2)c(=O)c(-c2c(F)cccc2F)c1. The zero-order chi connectivity index (χ0) is 16.6. The highest BCUT2D eigenvalue weighted by atomic mass is 127. The van der Waals surface area contributed by atoms with Gasteiger partial charge in [0.2, 0.25) is 0 Å². The minimum Gasteiger partial charge on any atom is -0.356 e. The minimum absolute atomic E-state index is 0.0134. The van der Waals surface area contributed by atoms with Crippen LogP contribution in [0.4, 0.5) is 8.78 Å². The van der Waals surface area contributed by atoms with Gasteiger partial charge in [0.25, 0.3) is 0 Å². The van der Waals surface area contributed by atoms with Crippen LogP contribution in [0.15, 0.2) is 59.7 Å². The predicted molar refractivity (Wildman–Crippen MR) is 95.2 cm³/mol. The van der Waals surface area contributed by atoms with Gasteiger partial charge in [-0.2, -0.15) is 0 Å². The number of hydrogen-bond donors (Lipinski definition) is 0. The third-order valence-electron chi connectivity index (χ3n) is 3.52. The Labute approximate surface area is 145 Å². The molecule has 0 bridgehead atoms. The van der Waals surface area contributed by atoms with Crippen LogP contribution in [0.2, 0.25) is 0 Å².